The average Bonchev–Trinajstić information content (AvgIpc) is 2.97. The molecule has 0 bridgehead atoms. The first kappa shape index (κ1) is 13.4. The molecule has 0 radical (unpaired) electrons. The van der Waals surface area contributed by atoms with Crippen molar-refractivity contribution in [2.75, 3.05) is 0 Å². The van der Waals surface area contributed by atoms with Gasteiger partial charge in [-0.25, -0.2) is 0 Å². The summed E-state index contributed by atoms with van der Waals surface area (Å²) in [5, 5.41) is 14.9. The molecule has 0 spiro atoms. The summed E-state index contributed by atoms with van der Waals surface area (Å²) >= 11 is 0. The van der Waals surface area contributed by atoms with Gasteiger partial charge in [-0.3, -0.25) is 4.68 Å². The van der Waals surface area contributed by atoms with Crippen LogP contribution in [0.5, 0.6) is 0 Å². The minimum absolute atomic E-state index is 0.467. The normalized spacial score (nSPS) is 18.1. The van der Waals surface area contributed by atoms with Crippen LogP contribution in [0.1, 0.15) is 55.5 Å². The summed E-state index contributed by atoms with van der Waals surface area (Å²) in [7, 11) is 0. The molecule has 1 N–H and O–H groups in total. The summed E-state index contributed by atoms with van der Waals surface area (Å²) in [4.78, 5) is 0. The minimum Gasteiger partial charge on any atom is -0.388 e. The van der Waals surface area contributed by atoms with Gasteiger partial charge in [-0.2, -0.15) is 5.10 Å². The van der Waals surface area contributed by atoms with E-state index < -0.39 is 6.10 Å². The minimum atomic E-state index is -0.467. The first-order valence-corrected chi connectivity index (χ1v) is 7.60. The summed E-state index contributed by atoms with van der Waals surface area (Å²) in [6.07, 6.45) is 8.65. The second kappa shape index (κ2) is 6.23. The fourth-order valence-electron chi connectivity index (χ4n) is 3.03. The summed E-state index contributed by atoms with van der Waals surface area (Å²) in [5.74, 6) is 0. The predicted octanol–water partition coefficient (Wildman–Crippen LogP) is 3.66. The quantitative estimate of drug-likeness (QED) is 0.920. The zero-order valence-corrected chi connectivity index (χ0v) is 11.8. The molecule has 3 nitrogen and oxygen atoms in total. The van der Waals surface area contributed by atoms with Crippen LogP contribution in [0.15, 0.2) is 42.6 Å². The number of hydrogen-bond acceptors (Lipinski definition) is 2. The standard InChI is InChI=1S/C17H22N2O/c20-17(14-7-3-1-4-8-14)13-15-11-12-19(18-15)16-9-5-2-6-10-16/h1,3-4,7-8,11-12,16-17,20H,2,5-6,9-10,13H2. The summed E-state index contributed by atoms with van der Waals surface area (Å²) in [5.41, 5.74) is 1.94. The number of hydrogen-bond donors (Lipinski definition) is 1. The second-order valence-corrected chi connectivity index (χ2v) is 5.71. The van der Waals surface area contributed by atoms with E-state index in [4.69, 9.17) is 0 Å². The van der Waals surface area contributed by atoms with E-state index in [1.54, 1.807) is 0 Å². The van der Waals surface area contributed by atoms with E-state index in [0.29, 0.717) is 12.5 Å². The summed E-state index contributed by atoms with van der Waals surface area (Å²) < 4.78 is 2.10. The van der Waals surface area contributed by atoms with Gasteiger partial charge in [0.05, 0.1) is 17.8 Å². The van der Waals surface area contributed by atoms with E-state index in [1.807, 2.05) is 36.4 Å². The molecule has 106 valence electrons. The van der Waals surface area contributed by atoms with Gasteiger partial charge in [-0.05, 0) is 24.5 Å². The van der Waals surface area contributed by atoms with E-state index in [2.05, 4.69) is 16.0 Å². The lowest BCUT2D eigenvalue weighted by atomic mass is 9.96. The molecule has 1 heterocycles. The van der Waals surface area contributed by atoms with Crippen molar-refractivity contribution in [3.05, 3.63) is 53.9 Å². The lowest BCUT2D eigenvalue weighted by Gasteiger charge is -2.21. The highest BCUT2D eigenvalue weighted by molar-refractivity contribution is 5.19. The van der Waals surface area contributed by atoms with E-state index in [1.165, 1.54) is 32.1 Å². The Balaban J connectivity index is 1.65. The van der Waals surface area contributed by atoms with Crippen LogP contribution in [-0.4, -0.2) is 14.9 Å². The molecule has 1 aromatic carbocycles. The van der Waals surface area contributed by atoms with Gasteiger partial charge < -0.3 is 5.11 Å². The second-order valence-electron chi connectivity index (χ2n) is 5.71. The zero-order valence-electron chi connectivity index (χ0n) is 11.8. The average molecular weight is 270 g/mol. The molecule has 1 fully saturated rings. The van der Waals surface area contributed by atoms with Crippen molar-refractivity contribution in [1.82, 2.24) is 9.78 Å². The van der Waals surface area contributed by atoms with E-state index in [9.17, 15) is 5.11 Å². The molecule has 1 aliphatic rings. The number of aliphatic hydroxyl groups is 1. The summed E-state index contributed by atoms with van der Waals surface area (Å²) in [6, 6.07) is 12.4. The molecule has 2 aromatic rings. The number of aliphatic hydroxyl groups excluding tert-OH is 1. The Labute approximate surface area is 120 Å². The summed E-state index contributed by atoms with van der Waals surface area (Å²) in [6.45, 7) is 0. The third kappa shape index (κ3) is 3.10. The Kier molecular flexibility index (Phi) is 4.16. The maximum atomic E-state index is 10.2. The highest BCUT2D eigenvalue weighted by atomic mass is 16.3. The molecule has 0 aliphatic heterocycles. The Bertz CT molecular complexity index is 529. The molecule has 0 amide bonds. The monoisotopic (exact) mass is 270 g/mol. The van der Waals surface area contributed by atoms with Crippen molar-refractivity contribution in [3.63, 3.8) is 0 Å². The van der Waals surface area contributed by atoms with Gasteiger partial charge in [0.15, 0.2) is 0 Å². The Morgan fingerprint density at radius 2 is 1.85 bits per heavy atom. The van der Waals surface area contributed by atoms with Crippen LogP contribution in [-0.2, 0) is 6.42 Å². The molecule has 1 saturated carbocycles. The van der Waals surface area contributed by atoms with Crippen LogP contribution < -0.4 is 0 Å². The van der Waals surface area contributed by atoms with Crippen molar-refractivity contribution in [3.8, 4) is 0 Å². The third-order valence-corrected chi connectivity index (χ3v) is 4.20. The molecule has 1 aliphatic carbocycles. The topological polar surface area (TPSA) is 38.0 Å². The molecule has 0 saturated heterocycles. The maximum absolute atomic E-state index is 10.2. The van der Waals surface area contributed by atoms with E-state index in [0.717, 1.165) is 11.3 Å². The maximum Gasteiger partial charge on any atom is 0.0846 e. The predicted molar refractivity (Wildman–Crippen MR) is 79.5 cm³/mol. The number of benzene rings is 1. The fourth-order valence-corrected chi connectivity index (χ4v) is 3.03. The van der Waals surface area contributed by atoms with Crippen molar-refractivity contribution in [2.45, 2.75) is 50.7 Å². The Hall–Kier alpha value is -1.61. The van der Waals surface area contributed by atoms with Crippen molar-refractivity contribution in [2.24, 2.45) is 0 Å². The molecule has 3 heteroatoms. The van der Waals surface area contributed by atoms with Crippen molar-refractivity contribution >= 4 is 0 Å². The van der Waals surface area contributed by atoms with E-state index in [-0.39, 0.29) is 0 Å². The van der Waals surface area contributed by atoms with Gasteiger partial charge in [-0.1, -0.05) is 49.6 Å². The molecular formula is C17H22N2O. The molecule has 3 rings (SSSR count). The largest absolute Gasteiger partial charge is 0.388 e. The molecule has 20 heavy (non-hydrogen) atoms. The van der Waals surface area contributed by atoms with Gasteiger partial charge in [0, 0.05) is 12.6 Å². The molecule has 1 unspecified atom stereocenters. The zero-order chi connectivity index (χ0) is 13.8. The van der Waals surface area contributed by atoms with Gasteiger partial charge in [-0.15, -0.1) is 0 Å². The highest BCUT2D eigenvalue weighted by Gasteiger charge is 2.17. The number of aromatic nitrogens is 2. The number of rotatable bonds is 4. The lowest BCUT2D eigenvalue weighted by Crippen LogP contribution is -2.13. The van der Waals surface area contributed by atoms with Gasteiger partial charge in [0.2, 0.25) is 0 Å². The van der Waals surface area contributed by atoms with Gasteiger partial charge in [0.25, 0.3) is 0 Å². The first-order chi connectivity index (χ1) is 9.83. The Morgan fingerprint density at radius 1 is 1.10 bits per heavy atom. The Morgan fingerprint density at radius 3 is 2.60 bits per heavy atom. The first-order valence-electron chi connectivity index (χ1n) is 7.60. The van der Waals surface area contributed by atoms with Gasteiger partial charge >= 0.3 is 0 Å². The molecule has 1 atom stereocenters. The van der Waals surface area contributed by atoms with Crippen LogP contribution in [0, 0.1) is 0 Å². The fraction of sp³-hybridized carbons (Fsp3) is 0.471. The van der Waals surface area contributed by atoms with E-state index >= 15 is 0 Å². The van der Waals surface area contributed by atoms with Gasteiger partial charge in [0.1, 0.15) is 0 Å². The van der Waals surface area contributed by atoms with Crippen molar-refractivity contribution in [1.29, 1.82) is 0 Å². The number of nitrogens with zero attached hydrogens (tertiary/aromatic N) is 2. The van der Waals surface area contributed by atoms with Crippen molar-refractivity contribution < 1.29 is 5.11 Å². The van der Waals surface area contributed by atoms with Crippen LogP contribution in [0.3, 0.4) is 0 Å². The van der Waals surface area contributed by atoms with Crippen LogP contribution >= 0.6 is 0 Å². The SMILES string of the molecule is OC(Cc1ccn(C2CCCCC2)n1)c1ccccc1. The van der Waals surface area contributed by atoms with Crippen LogP contribution in [0.4, 0.5) is 0 Å². The molecule has 1 aromatic heterocycles. The highest BCUT2D eigenvalue weighted by Crippen LogP contribution is 2.27. The van der Waals surface area contributed by atoms with Crippen LogP contribution in [0.25, 0.3) is 0 Å². The van der Waals surface area contributed by atoms with Crippen LogP contribution in [0.2, 0.25) is 0 Å². The lowest BCUT2D eigenvalue weighted by molar-refractivity contribution is 0.176. The molecular weight excluding hydrogens is 248 g/mol. The third-order valence-electron chi connectivity index (χ3n) is 4.20. The smallest absolute Gasteiger partial charge is 0.0846 e.